The van der Waals surface area contributed by atoms with Crippen LogP contribution in [0.25, 0.3) is 0 Å². The van der Waals surface area contributed by atoms with Gasteiger partial charge in [-0.2, -0.15) is 17.6 Å². The SMILES string of the molecule is C[C@@H](C(=O)Nc1ccc(OC(F)F)cc1)N(C)Cc1ccc(OC(F)F)cc1. The summed E-state index contributed by atoms with van der Waals surface area (Å²) in [5.41, 5.74) is 1.26. The molecule has 5 nitrogen and oxygen atoms in total. The van der Waals surface area contributed by atoms with Crippen LogP contribution < -0.4 is 14.8 Å². The van der Waals surface area contributed by atoms with E-state index < -0.39 is 19.3 Å². The first-order valence-corrected chi connectivity index (χ1v) is 8.34. The molecule has 0 aliphatic heterocycles. The Hall–Kier alpha value is -2.81. The van der Waals surface area contributed by atoms with E-state index in [2.05, 4.69) is 14.8 Å². The zero-order valence-corrected chi connectivity index (χ0v) is 15.2. The van der Waals surface area contributed by atoms with Crippen molar-refractivity contribution in [2.75, 3.05) is 12.4 Å². The maximum atomic E-state index is 12.4. The molecule has 1 N–H and O–H groups in total. The number of benzene rings is 2. The first-order chi connectivity index (χ1) is 13.2. The lowest BCUT2D eigenvalue weighted by atomic mass is 10.1. The summed E-state index contributed by atoms with van der Waals surface area (Å²) >= 11 is 0. The van der Waals surface area contributed by atoms with Crippen LogP contribution in [0, 0.1) is 0 Å². The van der Waals surface area contributed by atoms with Gasteiger partial charge in [-0.25, -0.2) is 0 Å². The highest BCUT2D eigenvalue weighted by Crippen LogP contribution is 2.19. The number of carbonyl (C=O) groups excluding carboxylic acids is 1. The van der Waals surface area contributed by atoms with E-state index in [-0.39, 0.29) is 17.4 Å². The van der Waals surface area contributed by atoms with Crippen molar-refractivity contribution in [3.63, 3.8) is 0 Å². The van der Waals surface area contributed by atoms with Gasteiger partial charge in [0.15, 0.2) is 0 Å². The van der Waals surface area contributed by atoms with E-state index in [4.69, 9.17) is 0 Å². The number of rotatable bonds is 9. The molecular formula is C19H20F4N2O3. The second-order valence-electron chi connectivity index (χ2n) is 6.01. The Balaban J connectivity index is 1.89. The number of alkyl halides is 4. The van der Waals surface area contributed by atoms with Gasteiger partial charge in [0.05, 0.1) is 6.04 Å². The largest absolute Gasteiger partial charge is 0.435 e. The van der Waals surface area contributed by atoms with Gasteiger partial charge in [0.25, 0.3) is 0 Å². The van der Waals surface area contributed by atoms with Gasteiger partial charge in [-0.15, -0.1) is 0 Å². The minimum atomic E-state index is -2.91. The van der Waals surface area contributed by atoms with Gasteiger partial charge in [-0.1, -0.05) is 12.1 Å². The summed E-state index contributed by atoms with van der Waals surface area (Å²) in [6, 6.07) is 11.2. The number of nitrogens with one attached hydrogen (secondary N) is 1. The van der Waals surface area contributed by atoms with Crippen LogP contribution in [-0.4, -0.2) is 37.1 Å². The average Bonchev–Trinajstić information content (AvgIpc) is 2.63. The molecule has 0 saturated carbocycles. The molecule has 0 saturated heterocycles. The molecule has 0 radical (unpaired) electrons. The van der Waals surface area contributed by atoms with E-state index in [1.807, 2.05) is 0 Å². The molecule has 2 aromatic rings. The van der Waals surface area contributed by atoms with Gasteiger partial charge < -0.3 is 14.8 Å². The lowest BCUT2D eigenvalue weighted by molar-refractivity contribution is -0.120. The van der Waals surface area contributed by atoms with E-state index in [1.165, 1.54) is 36.4 Å². The Morgan fingerprint density at radius 2 is 1.39 bits per heavy atom. The third-order valence-electron chi connectivity index (χ3n) is 3.97. The number of hydrogen-bond acceptors (Lipinski definition) is 4. The Morgan fingerprint density at radius 1 is 0.929 bits per heavy atom. The van der Waals surface area contributed by atoms with Crippen LogP contribution in [0.2, 0.25) is 0 Å². The van der Waals surface area contributed by atoms with Crippen LogP contribution in [0.1, 0.15) is 12.5 Å². The number of halogens is 4. The third-order valence-corrected chi connectivity index (χ3v) is 3.97. The molecule has 28 heavy (non-hydrogen) atoms. The Bertz CT molecular complexity index is 755. The quantitative estimate of drug-likeness (QED) is 0.636. The lowest BCUT2D eigenvalue weighted by Gasteiger charge is -2.24. The monoisotopic (exact) mass is 400 g/mol. The second kappa shape index (κ2) is 9.93. The van der Waals surface area contributed by atoms with Crippen molar-refractivity contribution < 1.29 is 31.8 Å². The molecule has 2 rings (SSSR count). The Labute approximate surface area is 159 Å². The maximum absolute atomic E-state index is 12.4. The molecule has 0 aliphatic rings. The predicted molar refractivity (Wildman–Crippen MR) is 95.7 cm³/mol. The Kier molecular flexibility index (Phi) is 7.62. The van der Waals surface area contributed by atoms with Gasteiger partial charge in [-0.3, -0.25) is 9.69 Å². The second-order valence-corrected chi connectivity index (χ2v) is 6.01. The summed E-state index contributed by atoms with van der Waals surface area (Å²) in [6.45, 7) is -3.68. The standard InChI is InChI=1S/C19H20F4N2O3/c1-12(17(26)24-14-5-9-16(10-6-14)28-19(22)23)25(2)11-13-3-7-15(8-4-13)27-18(20)21/h3-10,12,18-19H,11H2,1-2H3,(H,24,26)/t12-/m0/s1. The molecule has 0 aromatic heterocycles. The summed E-state index contributed by atoms with van der Waals surface area (Å²) in [6.07, 6.45) is 0. The molecule has 152 valence electrons. The smallest absolute Gasteiger partial charge is 0.387 e. The summed E-state index contributed by atoms with van der Waals surface area (Å²) in [7, 11) is 1.74. The molecule has 9 heteroatoms. The number of carbonyl (C=O) groups is 1. The zero-order chi connectivity index (χ0) is 20.7. The number of amides is 1. The molecule has 2 aromatic carbocycles. The van der Waals surface area contributed by atoms with Crippen molar-refractivity contribution >= 4 is 11.6 Å². The van der Waals surface area contributed by atoms with Crippen LogP contribution in [0.5, 0.6) is 11.5 Å². The first-order valence-electron chi connectivity index (χ1n) is 8.34. The highest BCUT2D eigenvalue weighted by Gasteiger charge is 2.18. The van der Waals surface area contributed by atoms with Crippen LogP contribution in [0.4, 0.5) is 23.2 Å². The Morgan fingerprint density at radius 3 is 1.86 bits per heavy atom. The molecule has 0 heterocycles. The third kappa shape index (κ3) is 6.73. The van der Waals surface area contributed by atoms with Gasteiger partial charge in [0.1, 0.15) is 11.5 Å². The summed E-state index contributed by atoms with van der Waals surface area (Å²) < 4.78 is 57.2. The van der Waals surface area contributed by atoms with Crippen molar-refractivity contribution in [2.45, 2.75) is 32.7 Å². The van der Waals surface area contributed by atoms with E-state index in [1.54, 1.807) is 31.0 Å². The number of likely N-dealkylation sites (N-methyl/N-ethyl adjacent to an activating group) is 1. The molecule has 0 aliphatic carbocycles. The van der Waals surface area contributed by atoms with Crippen LogP contribution in [0.3, 0.4) is 0 Å². The highest BCUT2D eigenvalue weighted by molar-refractivity contribution is 5.94. The van der Waals surface area contributed by atoms with Crippen molar-refractivity contribution in [1.82, 2.24) is 4.90 Å². The summed E-state index contributed by atoms with van der Waals surface area (Å²) in [5, 5.41) is 2.69. The minimum absolute atomic E-state index is 0.00238. The van der Waals surface area contributed by atoms with Crippen LogP contribution in [0.15, 0.2) is 48.5 Å². The fourth-order valence-electron chi connectivity index (χ4n) is 2.37. The molecule has 0 unspecified atom stereocenters. The molecule has 0 fully saturated rings. The topological polar surface area (TPSA) is 50.8 Å². The van der Waals surface area contributed by atoms with Crippen molar-refractivity contribution in [1.29, 1.82) is 0 Å². The average molecular weight is 400 g/mol. The van der Waals surface area contributed by atoms with Crippen LogP contribution >= 0.6 is 0 Å². The molecule has 1 atom stereocenters. The van der Waals surface area contributed by atoms with Crippen molar-refractivity contribution in [3.8, 4) is 11.5 Å². The maximum Gasteiger partial charge on any atom is 0.387 e. The van der Waals surface area contributed by atoms with Crippen LogP contribution in [-0.2, 0) is 11.3 Å². The van der Waals surface area contributed by atoms with E-state index in [9.17, 15) is 22.4 Å². The highest BCUT2D eigenvalue weighted by atomic mass is 19.3. The fourth-order valence-corrected chi connectivity index (χ4v) is 2.37. The van der Waals surface area contributed by atoms with Gasteiger partial charge >= 0.3 is 13.2 Å². The van der Waals surface area contributed by atoms with Gasteiger partial charge in [-0.05, 0) is 55.9 Å². The van der Waals surface area contributed by atoms with Gasteiger partial charge in [0, 0.05) is 12.2 Å². The number of nitrogens with zero attached hydrogens (tertiary/aromatic N) is 1. The molecule has 0 bridgehead atoms. The predicted octanol–water partition coefficient (Wildman–Crippen LogP) is 4.35. The number of ether oxygens (including phenoxy) is 2. The summed E-state index contributed by atoms with van der Waals surface area (Å²) in [5.74, 6) is -0.230. The normalized spacial score (nSPS) is 12.3. The lowest BCUT2D eigenvalue weighted by Crippen LogP contribution is -2.39. The van der Waals surface area contributed by atoms with E-state index in [0.29, 0.717) is 12.2 Å². The van der Waals surface area contributed by atoms with E-state index >= 15 is 0 Å². The summed E-state index contributed by atoms with van der Waals surface area (Å²) in [4.78, 5) is 14.1. The molecule has 1 amide bonds. The zero-order valence-electron chi connectivity index (χ0n) is 15.2. The molecular weight excluding hydrogens is 380 g/mol. The molecule has 0 spiro atoms. The number of anilines is 1. The van der Waals surface area contributed by atoms with Crippen molar-refractivity contribution in [3.05, 3.63) is 54.1 Å². The van der Waals surface area contributed by atoms with Gasteiger partial charge in [0.2, 0.25) is 5.91 Å². The number of hydrogen-bond donors (Lipinski definition) is 1. The fraction of sp³-hybridized carbons (Fsp3) is 0.316. The minimum Gasteiger partial charge on any atom is -0.435 e. The van der Waals surface area contributed by atoms with E-state index in [0.717, 1.165) is 5.56 Å². The first kappa shape index (κ1) is 21.5. The van der Waals surface area contributed by atoms with Crippen molar-refractivity contribution in [2.24, 2.45) is 0 Å².